The summed E-state index contributed by atoms with van der Waals surface area (Å²) < 4.78 is 0. The highest BCUT2D eigenvalue weighted by Gasteiger charge is 1.99. The molecule has 3 aromatic carbocycles. The van der Waals surface area contributed by atoms with Crippen LogP contribution in [-0.4, -0.2) is 0 Å². The van der Waals surface area contributed by atoms with Gasteiger partial charge >= 0.3 is 0 Å². The Labute approximate surface area is 181 Å². The summed E-state index contributed by atoms with van der Waals surface area (Å²) in [6.45, 7) is 2.26. The van der Waals surface area contributed by atoms with Crippen LogP contribution in [0.25, 0.3) is 11.1 Å². The third kappa shape index (κ3) is 6.65. The first kappa shape index (κ1) is 21.4. The Bertz CT molecular complexity index is 1010. The monoisotopic (exact) mass is 391 g/mol. The van der Waals surface area contributed by atoms with Crippen molar-refractivity contribution in [2.75, 3.05) is 0 Å². The Morgan fingerprint density at radius 2 is 1.03 bits per heavy atom. The summed E-state index contributed by atoms with van der Waals surface area (Å²) in [6.07, 6.45) is 9.23. The molecule has 0 atom stereocenters. The van der Waals surface area contributed by atoms with Crippen molar-refractivity contribution in [3.8, 4) is 29.0 Å². The SMILES string of the molecule is CCCCCCCCc1ccc(-c2ccc(C#Cc3ccc(C#N)cc3)cc2)cc1. The molecule has 150 valence electrons. The highest BCUT2D eigenvalue weighted by molar-refractivity contribution is 5.64. The number of hydrogen-bond acceptors (Lipinski definition) is 1. The molecule has 0 spiro atoms. The summed E-state index contributed by atoms with van der Waals surface area (Å²) in [5, 5.41) is 8.86. The third-order valence-corrected chi connectivity index (χ3v) is 5.36. The fourth-order valence-corrected chi connectivity index (χ4v) is 3.49. The maximum atomic E-state index is 8.86. The number of benzene rings is 3. The smallest absolute Gasteiger partial charge is 0.0991 e. The third-order valence-electron chi connectivity index (χ3n) is 5.36. The van der Waals surface area contributed by atoms with E-state index in [-0.39, 0.29) is 0 Å². The van der Waals surface area contributed by atoms with Gasteiger partial charge in [0.05, 0.1) is 11.6 Å². The molecule has 0 radical (unpaired) electrons. The molecular formula is C29H29N. The van der Waals surface area contributed by atoms with E-state index in [9.17, 15) is 0 Å². The Kier molecular flexibility index (Phi) is 8.32. The molecule has 1 heteroatoms. The highest BCUT2D eigenvalue weighted by Crippen LogP contribution is 2.21. The zero-order valence-corrected chi connectivity index (χ0v) is 17.8. The van der Waals surface area contributed by atoms with E-state index in [4.69, 9.17) is 5.26 Å². The quantitative estimate of drug-likeness (QED) is 0.287. The maximum Gasteiger partial charge on any atom is 0.0991 e. The van der Waals surface area contributed by atoms with E-state index < -0.39 is 0 Å². The molecule has 0 aliphatic rings. The minimum absolute atomic E-state index is 0.655. The molecule has 0 amide bonds. The molecular weight excluding hydrogens is 362 g/mol. The number of aryl methyl sites for hydroxylation is 1. The number of hydrogen-bond donors (Lipinski definition) is 0. The van der Waals surface area contributed by atoms with Crippen LogP contribution in [0.3, 0.4) is 0 Å². The molecule has 0 fully saturated rings. The molecule has 0 aliphatic carbocycles. The van der Waals surface area contributed by atoms with Crippen LogP contribution >= 0.6 is 0 Å². The zero-order chi connectivity index (χ0) is 21.0. The van der Waals surface area contributed by atoms with Crippen molar-refractivity contribution in [2.24, 2.45) is 0 Å². The van der Waals surface area contributed by atoms with Crippen molar-refractivity contribution in [1.82, 2.24) is 0 Å². The van der Waals surface area contributed by atoms with Crippen LogP contribution in [-0.2, 0) is 6.42 Å². The van der Waals surface area contributed by atoms with Crippen molar-refractivity contribution in [3.63, 3.8) is 0 Å². The van der Waals surface area contributed by atoms with Gasteiger partial charge in [0.1, 0.15) is 0 Å². The Morgan fingerprint density at radius 1 is 0.567 bits per heavy atom. The molecule has 0 saturated heterocycles. The van der Waals surface area contributed by atoms with Gasteiger partial charge < -0.3 is 0 Å². The fraction of sp³-hybridized carbons (Fsp3) is 0.276. The largest absolute Gasteiger partial charge is 0.192 e. The van der Waals surface area contributed by atoms with Crippen molar-refractivity contribution in [1.29, 1.82) is 5.26 Å². The lowest BCUT2D eigenvalue weighted by atomic mass is 10.00. The van der Waals surface area contributed by atoms with Crippen LogP contribution in [0, 0.1) is 23.2 Å². The molecule has 1 nitrogen and oxygen atoms in total. The second-order valence-electron chi connectivity index (χ2n) is 7.73. The molecule has 30 heavy (non-hydrogen) atoms. The Balaban J connectivity index is 1.54. The number of nitriles is 1. The van der Waals surface area contributed by atoms with Gasteiger partial charge in [-0.05, 0) is 65.9 Å². The van der Waals surface area contributed by atoms with Crippen molar-refractivity contribution >= 4 is 0 Å². The fourth-order valence-electron chi connectivity index (χ4n) is 3.49. The van der Waals surface area contributed by atoms with Gasteiger partial charge in [-0.15, -0.1) is 0 Å². The normalized spacial score (nSPS) is 10.1. The standard InChI is InChI=1S/C29H29N/c1-2-3-4-5-6-7-8-24-15-19-28(20-16-24)29-21-17-26(18-22-29)10-9-25-11-13-27(23-30)14-12-25/h11-22H,2-8H2,1H3. The Morgan fingerprint density at radius 3 is 1.60 bits per heavy atom. The summed E-state index contributed by atoms with van der Waals surface area (Å²) >= 11 is 0. The van der Waals surface area contributed by atoms with Gasteiger partial charge in [0.2, 0.25) is 0 Å². The lowest BCUT2D eigenvalue weighted by molar-refractivity contribution is 0.607. The summed E-state index contributed by atoms with van der Waals surface area (Å²) in [7, 11) is 0. The predicted molar refractivity (Wildman–Crippen MR) is 126 cm³/mol. The van der Waals surface area contributed by atoms with E-state index >= 15 is 0 Å². The molecule has 0 saturated carbocycles. The first-order valence-electron chi connectivity index (χ1n) is 11.0. The van der Waals surface area contributed by atoms with E-state index in [0.29, 0.717) is 5.56 Å². The molecule has 0 unspecified atom stereocenters. The first-order chi connectivity index (χ1) is 14.8. The molecule has 3 rings (SSSR count). The van der Waals surface area contributed by atoms with Crippen LogP contribution in [0.5, 0.6) is 0 Å². The van der Waals surface area contributed by atoms with Crippen LogP contribution in [0.1, 0.15) is 67.7 Å². The van der Waals surface area contributed by atoms with Gasteiger partial charge in [-0.25, -0.2) is 0 Å². The summed E-state index contributed by atoms with van der Waals surface area (Å²) in [5.41, 5.74) is 6.45. The lowest BCUT2D eigenvalue weighted by Crippen LogP contribution is -1.87. The number of rotatable bonds is 8. The summed E-state index contributed by atoms with van der Waals surface area (Å²) in [4.78, 5) is 0. The molecule has 0 N–H and O–H groups in total. The maximum absolute atomic E-state index is 8.86. The first-order valence-corrected chi connectivity index (χ1v) is 11.0. The average molecular weight is 392 g/mol. The molecule has 0 bridgehead atoms. The number of nitrogens with zero attached hydrogens (tertiary/aromatic N) is 1. The average Bonchev–Trinajstić information content (AvgIpc) is 2.81. The van der Waals surface area contributed by atoms with E-state index in [0.717, 1.165) is 11.1 Å². The lowest BCUT2D eigenvalue weighted by Gasteiger charge is -2.05. The van der Waals surface area contributed by atoms with Gasteiger partial charge in [-0.1, -0.05) is 87.3 Å². The Hall–Kier alpha value is -3.29. The molecule has 3 aromatic rings. The van der Waals surface area contributed by atoms with Gasteiger partial charge in [-0.2, -0.15) is 5.26 Å². The van der Waals surface area contributed by atoms with Crippen LogP contribution in [0.15, 0.2) is 72.8 Å². The van der Waals surface area contributed by atoms with Gasteiger partial charge in [0.15, 0.2) is 0 Å². The summed E-state index contributed by atoms with van der Waals surface area (Å²) in [6, 6.07) is 26.8. The van der Waals surface area contributed by atoms with Crippen molar-refractivity contribution in [2.45, 2.75) is 51.9 Å². The number of unbranched alkanes of at least 4 members (excludes halogenated alkanes) is 5. The van der Waals surface area contributed by atoms with Gasteiger partial charge in [0.25, 0.3) is 0 Å². The zero-order valence-electron chi connectivity index (χ0n) is 17.8. The highest BCUT2D eigenvalue weighted by atomic mass is 14.2. The second-order valence-corrected chi connectivity index (χ2v) is 7.73. The van der Waals surface area contributed by atoms with Crippen molar-refractivity contribution < 1.29 is 0 Å². The van der Waals surface area contributed by atoms with Crippen LogP contribution < -0.4 is 0 Å². The minimum atomic E-state index is 0.655. The van der Waals surface area contributed by atoms with E-state index in [2.05, 4.69) is 73.4 Å². The second kappa shape index (κ2) is 11.6. The van der Waals surface area contributed by atoms with Gasteiger partial charge in [0, 0.05) is 11.1 Å². The molecule has 0 aliphatic heterocycles. The topological polar surface area (TPSA) is 23.8 Å². The van der Waals surface area contributed by atoms with E-state index in [1.54, 1.807) is 12.1 Å². The van der Waals surface area contributed by atoms with Gasteiger partial charge in [-0.3, -0.25) is 0 Å². The van der Waals surface area contributed by atoms with Crippen LogP contribution in [0.2, 0.25) is 0 Å². The van der Waals surface area contributed by atoms with E-state index in [1.165, 1.54) is 61.6 Å². The molecule has 0 heterocycles. The predicted octanol–water partition coefficient (Wildman–Crippen LogP) is 7.53. The molecule has 0 aromatic heterocycles. The summed E-state index contributed by atoms with van der Waals surface area (Å²) in [5.74, 6) is 6.35. The van der Waals surface area contributed by atoms with E-state index in [1.807, 2.05) is 12.1 Å². The minimum Gasteiger partial charge on any atom is -0.192 e. The van der Waals surface area contributed by atoms with Crippen LogP contribution in [0.4, 0.5) is 0 Å². The van der Waals surface area contributed by atoms with Crippen molar-refractivity contribution in [3.05, 3.63) is 95.1 Å².